The van der Waals surface area contributed by atoms with Crippen LogP contribution in [0.2, 0.25) is 0 Å². The van der Waals surface area contributed by atoms with E-state index in [-0.39, 0.29) is 11.1 Å². The van der Waals surface area contributed by atoms with Gasteiger partial charge in [-0.15, -0.1) is 0 Å². The lowest BCUT2D eigenvalue weighted by molar-refractivity contribution is 0.417. The number of benzene rings is 1. The molecule has 0 saturated heterocycles. The minimum absolute atomic E-state index is 0.0451. The summed E-state index contributed by atoms with van der Waals surface area (Å²) in [6.07, 6.45) is 0. The van der Waals surface area contributed by atoms with Crippen LogP contribution in [0.25, 0.3) is 10.9 Å². The quantitative estimate of drug-likeness (QED) is 0.721. The number of aryl methyl sites for hydroxylation is 1. The van der Waals surface area contributed by atoms with Crippen molar-refractivity contribution < 1.29 is 4.74 Å². The van der Waals surface area contributed by atoms with Crippen LogP contribution in [0.15, 0.2) is 29.1 Å². The lowest BCUT2D eigenvalue weighted by atomic mass is 10.1. The molecule has 1 aromatic carbocycles. The molecule has 2 rings (SSSR count). The third-order valence-corrected chi connectivity index (χ3v) is 2.57. The second kappa shape index (κ2) is 3.70. The highest BCUT2D eigenvalue weighted by Crippen LogP contribution is 2.25. The average Bonchev–Trinajstić information content (AvgIpc) is 2.33. The molecule has 0 aliphatic carbocycles. The predicted molar refractivity (Wildman–Crippen MR) is 60.5 cm³/mol. The molecule has 4 heteroatoms. The van der Waals surface area contributed by atoms with Gasteiger partial charge >= 0.3 is 0 Å². The fourth-order valence-corrected chi connectivity index (χ4v) is 1.78. The Morgan fingerprint density at radius 2 is 2.06 bits per heavy atom. The number of para-hydroxylation sites is 1. The van der Waals surface area contributed by atoms with E-state index in [2.05, 4.69) is 0 Å². The molecule has 0 amide bonds. The number of aromatic nitrogens is 1. The standard InChI is InChI=1S/C12H10N2O2/c1-14-10-6-4-3-5-8(10)11(16-2)9(7-13)12(14)15/h3-6H,1-2H3. The number of pyridine rings is 1. The molecule has 0 fully saturated rings. The third-order valence-electron chi connectivity index (χ3n) is 2.57. The minimum atomic E-state index is -0.335. The van der Waals surface area contributed by atoms with Crippen molar-refractivity contribution in [1.29, 1.82) is 5.26 Å². The molecule has 0 aliphatic rings. The molecule has 16 heavy (non-hydrogen) atoms. The average molecular weight is 214 g/mol. The first-order valence-electron chi connectivity index (χ1n) is 4.76. The summed E-state index contributed by atoms with van der Waals surface area (Å²) < 4.78 is 6.60. The highest BCUT2D eigenvalue weighted by molar-refractivity contribution is 5.87. The highest BCUT2D eigenvalue weighted by Gasteiger charge is 2.14. The predicted octanol–water partition coefficient (Wildman–Crippen LogP) is 1.42. The number of nitrogens with zero attached hydrogens (tertiary/aromatic N) is 2. The van der Waals surface area contributed by atoms with Crippen LogP contribution in [0.4, 0.5) is 0 Å². The third kappa shape index (κ3) is 1.26. The van der Waals surface area contributed by atoms with Gasteiger partial charge in [-0.2, -0.15) is 5.26 Å². The van der Waals surface area contributed by atoms with E-state index in [9.17, 15) is 4.79 Å². The molecule has 2 aromatic rings. The van der Waals surface area contributed by atoms with Crippen molar-refractivity contribution in [3.8, 4) is 11.8 Å². The Balaban J connectivity index is 3.08. The van der Waals surface area contributed by atoms with Crippen LogP contribution in [0, 0.1) is 11.3 Å². The Hall–Kier alpha value is -2.28. The molecule has 80 valence electrons. The van der Waals surface area contributed by atoms with E-state index in [1.807, 2.05) is 30.3 Å². The fraction of sp³-hybridized carbons (Fsp3) is 0.167. The maximum absolute atomic E-state index is 11.9. The van der Waals surface area contributed by atoms with Gasteiger partial charge in [0.05, 0.1) is 12.6 Å². The van der Waals surface area contributed by atoms with Crippen molar-refractivity contribution in [3.05, 3.63) is 40.2 Å². The zero-order chi connectivity index (χ0) is 11.7. The Kier molecular flexibility index (Phi) is 2.37. The van der Waals surface area contributed by atoms with Gasteiger partial charge in [0.15, 0.2) is 11.3 Å². The summed E-state index contributed by atoms with van der Waals surface area (Å²) in [5, 5.41) is 9.74. The van der Waals surface area contributed by atoms with E-state index >= 15 is 0 Å². The monoisotopic (exact) mass is 214 g/mol. The van der Waals surface area contributed by atoms with Gasteiger partial charge in [0.1, 0.15) is 6.07 Å². The van der Waals surface area contributed by atoms with Crippen LogP contribution >= 0.6 is 0 Å². The molecule has 0 atom stereocenters. The van der Waals surface area contributed by atoms with Crippen LogP contribution in [0.1, 0.15) is 5.56 Å². The van der Waals surface area contributed by atoms with Gasteiger partial charge in [-0.25, -0.2) is 0 Å². The number of hydrogen-bond acceptors (Lipinski definition) is 3. The number of ether oxygens (including phenoxy) is 1. The van der Waals surface area contributed by atoms with E-state index < -0.39 is 0 Å². The van der Waals surface area contributed by atoms with E-state index in [1.165, 1.54) is 11.7 Å². The summed E-state index contributed by atoms with van der Waals surface area (Å²) in [5.74, 6) is 0.348. The molecule has 1 aromatic heterocycles. The molecule has 0 radical (unpaired) electrons. The number of fused-ring (bicyclic) bond motifs is 1. The first-order valence-corrected chi connectivity index (χ1v) is 4.76. The largest absolute Gasteiger partial charge is 0.494 e. The molecular formula is C12H10N2O2. The normalized spacial score (nSPS) is 10.1. The Bertz CT molecular complexity index is 650. The van der Waals surface area contributed by atoms with Gasteiger partial charge < -0.3 is 9.30 Å². The lowest BCUT2D eigenvalue weighted by Gasteiger charge is -2.10. The lowest BCUT2D eigenvalue weighted by Crippen LogP contribution is -2.21. The summed E-state index contributed by atoms with van der Waals surface area (Å²) in [6, 6.07) is 9.22. The van der Waals surface area contributed by atoms with Crippen LogP contribution in [0.5, 0.6) is 5.75 Å². The van der Waals surface area contributed by atoms with Crippen molar-refractivity contribution in [3.63, 3.8) is 0 Å². The molecule has 1 heterocycles. The minimum Gasteiger partial charge on any atom is -0.494 e. The summed E-state index contributed by atoms with van der Waals surface area (Å²) in [4.78, 5) is 11.9. The number of hydrogen-bond donors (Lipinski definition) is 0. The van der Waals surface area contributed by atoms with Crippen molar-refractivity contribution in [1.82, 2.24) is 4.57 Å². The van der Waals surface area contributed by atoms with Crippen molar-refractivity contribution in [2.75, 3.05) is 7.11 Å². The molecular weight excluding hydrogens is 204 g/mol. The van der Waals surface area contributed by atoms with Crippen molar-refractivity contribution >= 4 is 10.9 Å². The van der Waals surface area contributed by atoms with Crippen LogP contribution in [0.3, 0.4) is 0 Å². The van der Waals surface area contributed by atoms with E-state index in [0.717, 1.165) is 10.9 Å². The zero-order valence-electron chi connectivity index (χ0n) is 9.02. The summed E-state index contributed by atoms with van der Waals surface area (Å²) in [7, 11) is 3.10. The Labute approximate surface area is 92.3 Å². The van der Waals surface area contributed by atoms with Crippen LogP contribution < -0.4 is 10.3 Å². The summed E-state index contributed by atoms with van der Waals surface area (Å²) in [6.45, 7) is 0. The molecule has 0 spiro atoms. The van der Waals surface area contributed by atoms with Gasteiger partial charge in [0.2, 0.25) is 0 Å². The van der Waals surface area contributed by atoms with E-state index in [0.29, 0.717) is 5.75 Å². The van der Waals surface area contributed by atoms with Gasteiger partial charge in [-0.05, 0) is 12.1 Å². The van der Waals surface area contributed by atoms with Crippen LogP contribution in [-0.2, 0) is 7.05 Å². The molecule has 0 saturated carbocycles. The van der Waals surface area contributed by atoms with Gasteiger partial charge in [-0.3, -0.25) is 4.79 Å². The van der Waals surface area contributed by atoms with E-state index in [4.69, 9.17) is 10.00 Å². The van der Waals surface area contributed by atoms with Crippen LogP contribution in [-0.4, -0.2) is 11.7 Å². The van der Waals surface area contributed by atoms with Crippen molar-refractivity contribution in [2.45, 2.75) is 0 Å². The molecule has 0 N–H and O–H groups in total. The van der Waals surface area contributed by atoms with Gasteiger partial charge in [0, 0.05) is 12.4 Å². The first kappa shape index (κ1) is 10.2. The number of rotatable bonds is 1. The SMILES string of the molecule is COc1c(C#N)c(=O)n(C)c2ccccc12. The second-order valence-electron chi connectivity index (χ2n) is 3.40. The fourth-order valence-electron chi connectivity index (χ4n) is 1.78. The first-order chi connectivity index (χ1) is 7.70. The highest BCUT2D eigenvalue weighted by atomic mass is 16.5. The Morgan fingerprint density at radius 1 is 1.38 bits per heavy atom. The topological polar surface area (TPSA) is 55.0 Å². The summed E-state index contributed by atoms with van der Waals surface area (Å²) >= 11 is 0. The zero-order valence-corrected chi connectivity index (χ0v) is 9.02. The second-order valence-corrected chi connectivity index (χ2v) is 3.40. The maximum atomic E-state index is 11.9. The number of methoxy groups -OCH3 is 1. The maximum Gasteiger partial charge on any atom is 0.272 e. The molecule has 4 nitrogen and oxygen atoms in total. The van der Waals surface area contributed by atoms with Crippen molar-refractivity contribution in [2.24, 2.45) is 7.05 Å². The molecule has 0 bridgehead atoms. The van der Waals surface area contributed by atoms with E-state index in [1.54, 1.807) is 7.05 Å². The van der Waals surface area contributed by atoms with Gasteiger partial charge in [-0.1, -0.05) is 12.1 Å². The molecule has 0 aliphatic heterocycles. The molecule has 0 unspecified atom stereocenters. The number of nitriles is 1. The smallest absolute Gasteiger partial charge is 0.272 e. The Morgan fingerprint density at radius 3 is 2.69 bits per heavy atom. The summed E-state index contributed by atoms with van der Waals surface area (Å²) in [5.41, 5.74) is 0.463. The van der Waals surface area contributed by atoms with Gasteiger partial charge in [0.25, 0.3) is 5.56 Å².